The van der Waals surface area contributed by atoms with E-state index in [-0.39, 0.29) is 0 Å². The summed E-state index contributed by atoms with van der Waals surface area (Å²) in [6.45, 7) is 1.95. The van der Waals surface area contributed by atoms with E-state index in [4.69, 9.17) is 0 Å². The van der Waals surface area contributed by atoms with Crippen LogP contribution in [0.1, 0.15) is 33.1 Å². The van der Waals surface area contributed by atoms with Crippen LogP contribution in [0.3, 0.4) is 0 Å². The number of benzene rings is 3. The van der Waals surface area contributed by atoms with Gasteiger partial charge in [0.25, 0.3) is 0 Å². The van der Waals surface area contributed by atoms with Crippen LogP contribution in [0.5, 0.6) is 0 Å². The Morgan fingerprint density at radius 2 is 1.16 bits per heavy atom. The summed E-state index contributed by atoms with van der Waals surface area (Å²) < 4.78 is 27.1. The molecule has 0 saturated carbocycles. The van der Waals surface area contributed by atoms with Crippen molar-refractivity contribution in [1.82, 2.24) is 0 Å². The molecule has 0 heterocycles. The van der Waals surface area contributed by atoms with Crippen LogP contribution < -0.4 is 0 Å². The predicted molar refractivity (Wildman–Crippen MR) is 102 cm³/mol. The first-order valence-corrected chi connectivity index (χ1v) is 9.78. The van der Waals surface area contributed by atoms with E-state index in [1.165, 1.54) is 0 Å². The zero-order valence-corrected chi connectivity index (χ0v) is 14.7. The molecule has 1 aliphatic rings. The van der Waals surface area contributed by atoms with Crippen molar-refractivity contribution in [2.45, 2.75) is 17.1 Å². The third-order valence-corrected chi connectivity index (χ3v) is 6.72. The van der Waals surface area contributed by atoms with Gasteiger partial charge in [0, 0.05) is 0 Å². The van der Waals surface area contributed by atoms with Crippen molar-refractivity contribution in [2.24, 2.45) is 0 Å². The normalized spacial score (nSPS) is 13.8. The molecule has 124 valence electrons. The van der Waals surface area contributed by atoms with E-state index in [1.807, 2.05) is 79.7 Å². The molecule has 0 bridgehead atoms. The van der Waals surface area contributed by atoms with Crippen LogP contribution in [-0.2, 0) is 9.84 Å². The van der Waals surface area contributed by atoms with Gasteiger partial charge in [0.1, 0.15) is 5.25 Å². The van der Waals surface area contributed by atoms with E-state index in [0.717, 1.165) is 27.8 Å². The Morgan fingerprint density at radius 3 is 1.68 bits per heavy atom. The molecule has 3 aromatic rings. The highest BCUT2D eigenvalue weighted by Crippen LogP contribution is 2.40. The van der Waals surface area contributed by atoms with Crippen LogP contribution in [-0.4, -0.2) is 8.42 Å². The molecular weight excluding hydrogens is 328 g/mol. The minimum absolute atomic E-state index is 0.356. The van der Waals surface area contributed by atoms with Gasteiger partial charge < -0.3 is 0 Å². The van der Waals surface area contributed by atoms with E-state index in [9.17, 15) is 8.42 Å². The lowest BCUT2D eigenvalue weighted by molar-refractivity contribution is 0.589. The van der Waals surface area contributed by atoms with Gasteiger partial charge in [0.15, 0.2) is 9.84 Å². The molecule has 2 nitrogen and oxygen atoms in total. The van der Waals surface area contributed by atoms with Gasteiger partial charge in [-0.1, -0.05) is 78.4 Å². The van der Waals surface area contributed by atoms with Crippen molar-refractivity contribution in [3.63, 3.8) is 0 Å². The maximum absolute atomic E-state index is 13.5. The van der Waals surface area contributed by atoms with Crippen molar-refractivity contribution in [3.8, 4) is 0 Å². The molecule has 0 spiro atoms. The first-order chi connectivity index (χ1) is 12.1. The van der Waals surface area contributed by atoms with Crippen molar-refractivity contribution in [2.75, 3.05) is 0 Å². The summed E-state index contributed by atoms with van der Waals surface area (Å²) in [4.78, 5) is 0.356. The smallest absolute Gasteiger partial charge is 0.189 e. The van der Waals surface area contributed by atoms with Gasteiger partial charge in [-0.2, -0.15) is 0 Å². The Morgan fingerprint density at radius 1 is 0.680 bits per heavy atom. The second-order valence-electron chi connectivity index (χ2n) is 6.33. The van der Waals surface area contributed by atoms with Crippen molar-refractivity contribution in [3.05, 3.63) is 101 Å². The fraction of sp³-hybridized carbons (Fsp3) is 0.0909. The number of aryl methyl sites for hydroxylation is 1. The SMILES string of the molecule is Cc1ccc(S(=O)(=O)C2c3ccccc3C=Cc3ccccc32)cc1. The molecular formula is C22H18O2S. The minimum Gasteiger partial charge on any atom is -0.223 e. The van der Waals surface area contributed by atoms with E-state index in [2.05, 4.69) is 0 Å². The Bertz CT molecular complexity index is 1010. The van der Waals surface area contributed by atoms with Crippen LogP contribution in [0.25, 0.3) is 12.2 Å². The summed E-state index contributed by atoms with van der Waals surface area (Å²) in [5.41, 5.74) is 4.58. The summed E-state index contributed by atoms with van der Waals surface area (Å²) in [6, 6.07) is 22.5. The molecule has 0 aliphatic heterocycles. The molecule has 0 atom stereocenters. The van der Waals surface area contributed by atoms with Crippen molar-refractivity contribution >= 4 is 22.0 Å². The van der Waals surface area contributed by atoms with Crippen LogP contribution >= 0.6 is 0 Å². The van der Waals surface area contributed by atoms with Crippen LogP contribution in [0, 0.1) is 6.92 Å². The second-order valence-corrected chi connectivity index (χ2v) is 8.36. The molecule has 4 rings (SSSR count). The number of rotatable bonds is 2. The molecule has 0 amide bonds. The zero-order chi connectivity index (χ0) is 17.4. The lowest BCUT2D eigenvalue weighted by Crippen LogP contribution is -2.16. The number of fused-ring (bicyclic) bond motifs is 2. The number of hydrogen-bond donors (Lipinski definition) is 0. The lowest BCUT2D eigenvalue weighted by atomic mass is 9.99. The topological polar surface area (TPSA) is 34.1 Å². The van der Waals surface area contributed by atoms with Crippen molar-refractivity contribution < 1.29 is 8.42 Å². The Kier molecular flexibility index (Phi) is 3.81. The van der Waals surface area contributed by atoms with E-state index < -0.39 is 15.1 Å². The molecule has 0 unspecified atom stereocenters. The maximum Gasteiger partial charge on any atom is 0.189 e. The first-order valence-electron chi connectivity index (χ1n) is 8.24. The maximum atomic E-state index is 13.5. The van der Waals surface area contributed by atoms with Gasteiger partial charge in [0.2, 0.25) is 0 Å². The number of hydrogen-bond acceptors (Lipinski definition) is 2. The van der Waals surface area contributed by atoms with Gasteiger partial charge in [-0.25, -0.2) is 8.42 Å². The third kappa shape index (κ3) is 2.71. The average Bonchev–Trinajstić information content (AvgIpc) is 2.79. The molecule has 0 fully saturated rings. The average molecular weight is 346 g/mol. The summed E-state index contributed by atoms with van der Waals surface area (Å²) in [5, 5.41) is -0.711. The summed E-state index contributed by atoms with van der Waals surface area (Å²) in [6.07, 6.45) is 4.00. The van der Waals surface area contributed by atoms with E-state index in [1.54, 1.807) is 12.1 Å². The minimum atomic E-state index is -3.57. The Balaban J connectivity index is 2.00. The van der Waals surface area contributed by atoms with E-state index in [0.29, 0.717) is 4.90 Å². The molecule has 0 N–H and O–H groups in total. The molecule has 0 saturated heterocycles. The third-order valence-electron chi connectivity index (χ3n) is 4.66. The van der Waals surface area contributed by atoms with Gasteiger partial charge in [-0.05, 0) is 41.3 Å². The second kappa shape index (κ2) is 6.01. The fourth-order valence-electron chi connectivity index (χ4n) is 3.35. The summed E-state index contributed by atoms with van der Waals surface area (Å²) in [7, 11) is -3.57. The molecule has 25 heavy (non-hydrogen) atoms. The van der Waals surface area contributed by atoms with Crippen LogP contribution in [0.4, 0.5) is 0 Å². The van der Waals surface area contributed by atoms with Crippen molar-refractivity contribution in [1.29, 1.82) is 0 Å². The molecule has 1 aliphatic carbocycles. The van der Waals surface area contributed by atoms with Crippen LogP contribution in [0.15, 0.2) is 77.7 Å². The summed E-state index contributed by atoms with van der Waals surface area (Å²) in [5.74, 6) is 0. The first kappa shape index (κ1) is 15.9. The quantitative estimate of drug-likeness (QED) is 0.651. The highest BCUT2D eigenvalue weighted by atomic mass is 32.2. The largest absolute Gasteiger partial charge is 0.223 e. The monoisotopic (exact) mass is 346 g/mol. The van der Waals surface area contributed by atoms with Gasteiger partial charge >= 0.3 is 0 Å². The van der Waals surface area contributed by atoms with Crippen LogP contribution in [0.2, 0.25) is 0 Å². The molecule has 3 aromatic carbocycles. The highest BCUT2D eigenvalue weighted by molar-refractivity contribution is 7.92. The Labute approximate surface area is 148 Å². The Hall–Kier alpha value is -2.65. The molecule has 0 aromatic heterocycles. The molecule has 0 radical (unpaired) electrons. The van der Waals surface area contributed by atoms with Gasteiger partial charge in [-0.15, -0.1) is 0 Å². The summed E-state index contributed by atoms with van der Waals surface area (Å²) >= 11 is 0. The lowest BCUT2D eigenvalue weighted by Gasteiger charge is -2.21. The highest BCUT2D eigenvalue weighted by Gasteiger charge is 2.34. The predicted octanol–water partition coefficient (Wildman–Crippen LogP) is 5.04. The number of sulfone groups is 1. The van der Waals surface area contributed by atoms with Gasteiger partial charge in [-0.3, -0.25) is 0 Å². The molecule has 3 heteroatoms. The standard InChI is InChI=1S/C22H18O2S/c1-16-10-14-19(15-11-16)25(23,24)22-20-8-4-2-6-17(20)12-13-18-7-3-5-9-21(18)22/h2-15,22H,1H3. The fourth-order valence-corrected chi connectivity index (χ4v) is 5.23. The zero-order valence-electron chi connectivity index (χ0n) is 13.9. The van der Waals surface area contributed by atoms with E-state index >= 15 is 0 Å². The van der Waals surface area contributed by atoms with Gasteiger partial charge in [0.05, 0.1) is 4.90 Å².